The van der Waals surface area contributed by atoms with E-state index in [2.05, 4.69) is 15.3 Å². The Kier molecular flexibility index (Phi) is 2.80. The molecule has 0 atom stereocenters. The molecule has 11 heavy (non-hydrogen) atoms. The normalized spacial score (nSPS) is 9.91. The van der Waals surface area contributed by atoms with Gasteiger partial charge in [-0.05, 0) is 6.54 Å². The van der Waals surface area contributed by atoms with Gasteiger partial charge in [-0.3, -0.25) is 4.79 Å². The zero-order chi connectivity index (χ0) is 8.10. The predicted molar refractivity (Wildman–Crippen MR) is 42.2 cm³/mol. The Hall–Kier alpha value is -1.16. The fourth-order valence-corrected chi connectivity index (χ4v) is 0.759. The number of hydrogen-bond donors (Lipinski definition) is 2. The van der Waals surface area contributed by atoms with Crippen LogP contribution in [0.3, 0.4) is 0 Å². The summed E-state index contributed by atoms with van der Waals surface area (Å²) in [6, 6.07) is 1.49. The zero-order valence-corrected chi connectivity index (χ0v) is 6.42. The van der Waals surface area contributed by atoms with E-state index in [0.717, 1.165) is 12.2 Å². The molecule has 4 nitrogen and oxygen atoms in total. The fourth-order valence-electron chi connectivity index (χ4n) is 0.759. The lowest BCUT2D eigenvalue weighted by Gasteiger charge is -1.97. The van der Waals surface area contributed by atoms with Gasteiger partial charge < -0.3 is 10.3 Å². The van der Waals surface area contributed by atoms with Crippen LogP contribution in [0.2, 0.25) is 0 Å². The van der Waals surface area contributed by atoms with Crippen molar-refractivity contribution in [2.24, 2.45) is 0 Å². The van der Waals surface area contributed by atoms with Crippen LogP contribution in [0.25, 0.3) is 0 Å². The molecule has 60 valence electrons. The van der Waals surface area contributed by atoms with Crippen LogP contribution in [0.4, 0.5) is 0 Å². The minimum atomic E-state index is -0.104. The van der Waals surface area contributed by atoms with Crippen molar-refractivity contribution in [3.63, 3.8) is 0 Å². The second-order valence-corrected chi connectivity index (χ2v) is 2.18. The maximum atomic E-state index is 10.7. The van der Waals surface area contributed by atoms with Gasteiger partial charge in [0.1, 0.15) is 0 Å². The highest BCUT2D eigenvalue weighted by atomic mass is 16.1. The summed E-state index contributed by atoms with van der Waals surface area (Å²) < 4.78 is 0. The van der Waals surface area contributed by atoms with Crippen molar-refractivity contribution >= 4 is 0 Å². The highest BCUT2D eigenvalue weighted by molar-refractivity contribution is 4.97. The topological polar surface area (TPSA) is 57.8 Å². The predicted octanol–water partition coefficient (Wildman–Crippen LogP) is -0.121. The SMILES string of the molecule is CCNCc1cc(=O)[nH]cn1. The van der Waals surface area contributed by atoms with Crippen LogP contribution in [0.5, 0.6) is 0 Å². The Morgan fingerprint density at radius 1 is 1.73 bits per heavy atom. The second-order valence-electron chi connectivity index (χ2n) is 2.18. The summed E-state index contributed by atoms with van der Waals surface area (Å²) in [5, 5.41) is 3.08. The smallest absolute Gasteiger partial charge is 0.250 e. The average molecular weight is 153 g/mol. The second kappa shape index (κ2) is 3.88. The van der Waals surface area contributed by atoms with E-state index in [9.17, 15) is 4.79 Å². The minimum absolute atomic E-state index is 0.104. The molecule has 0 aliphatic heterocycles. The van der Waals surface area contributed by atoms with E-state index >= 15 is 0 Å². The number of nitrogens with zero attached hydrogens (tertiary/aromatic N) is 1. The molecule has 0 aliphatic carbocycles. The van der Waals surface area contributed by atoms with Crippen LogP contribution in [-0.2, 0) is 6.54 Å². The van der Waals surface area contributed by atoms with E-state index < -0.39 is 0 Å². The van der Waals surface area contributed by atoms with Gasteiger partial charge in [-0.15, -0.1) is 0 Å². The van der Waals surface area contributed by atoms with Crippen molar-refractivity contribution in [2.45, 2.75) is 13.5 Å². The molecule has 1 aromatic rings. The molecule has 0 spiro atoms. The van der Waals surface area contributed by atoms with E-state index in [1.807, 2.05) is 6.92 Å². The van der Waals surface area contributed by atoms with Gasteiger partial charge in [0.15, 0.2) is 0 Å². The summed E-state index contributed by atoms with van der Waals surface area (Å²) in [4.78, 5) is 17.1. The molecule has 1 rings (SSSR count). The molecule has 4 heteroatoms. The Morgan fingerprint density at radius 3 is 3.18 bits per heavy atom. The summed E-state index contributed by atoms with van der Waals surface area (Å²) in [7, 11) is 0. The van der Waals surface area contributed by atoms with E-state index in [0.29, 0.717) is 6.54 Å². The lowest BCUT2D eigenvalue weighted by Crippen LogP contribution is -2.15. The molecular weight excluding hydrogens is 142 g/mol. The van der Waals surface area contributed by atoms with Gasteiger partial charge in [0.2, 0.25) is 0 Å². The molecule has 0 radical (unpaired) electrons. The van der Waals surface area contributed by atoms with Gasteiger partial charge in [-0.2, -0.15) is 0 Å². The van der Waals surface area contributed by atoms with E-state index in [1.165, 1.54) is 12.4 Å². The highest BCUT2D eigenvalue weighted by Crippen LogP contribution is 1.84. The first-order chi connectivity index (χ1) is 5.33. The first-order valence-corrected chi connectivity index (χ1v) is 3.57. The molecule has 0 aromatic carbocycles. The lowest BCUT2D eigenvalue weighted by molar-refractivity contribution is 0.707. The Bertz CT molecular complexity index is 268. The van der Waals surface area contributed by atoms with Crippen molar-refractivity contribution in [2.75, 3.05) is 6.54 Å². The summed E-state index contributed by atoms with van der Waals surface area (Å²) in [5.74, 6) is 0. The molecule has 2 N–H and O–H groups in total. The van der Waals surface area contributed by atoms with Gasteiger partial charge in [-0.25, -0.2) is 4.98 Å². The number of rotatable bonds is 3. The molecule has 0 aliphatic rings. The van der Waals surface area contributed by atoms with Gasteiger partial charge in [0.25, 0.3) is 5.56 Å². The van der Waals surface area contributed by atoms with Crippen molar-refractivity contribution in [3.8, 4) is 0 Å². The number of hydrogen-bond acceptors (Lipinski definition) is 3. The molecule has 0 unspecified atom stereocenters. The molecule has 0 saturated carbocycles. The largest absolute Gasteiger partial charge is 0.313 e. The van der Waals surface area contributed by atoms with Crippen LogP contribution in [0, 0.1) is 0 Å². The van der Waals surface area contributed by atoms with E-state index in [4.69, 9.17) is 0 Å². The number of aromatic amines is 1. The minimum Gasteiger partial charge on any atom is -0.313 e. The summed E-state index contributed by atoms with van der Waals surface area (Å²) >= 11 is 0. The molecule has 0 bridgehead atoms. The third-order valence-corrected chi connectivity index (χ3v) is 1.29. The van der Waals surface area contributed by atoms with Crippen molar-refractivity contribution in [3.05, 3.63) is 28.4 Å². The zero-order valence-electron chi connectivity index (χ0n) is 6.42. The van der Waals surface area contributed by atoms with Crippen LogP contribution >= 0.6 is 0 Å². The average Bonchev–Trinajstić information content (AvgIpc) is 2.01. The Labute approximate surface area is 64.7 Å². The molecule has 0 saturated heterocycles. The van der Waals surface area contributed by atoms with Crippen molar-refractivity contribution in [1.82, 2.24) is 15.3 Å². The van der Waals surface area contributed by atoms with Gasteiger partial charge in [-0.1, -0.05) is 6.92 Å². The summed E-state index contributed by atoms with van der Waals surface area (Å²) in [6.45, 7) is 3.54. The molecular formula is C7H11N3O. The first-order valence-electron chi connectivity index (χ1n) is 3.57. The molecule has 1 heterocycles. The maximum absolute atomic E-state index is 10.7. The third-order valence-electron chi connectivity index (χ3n) is 1.29. The Balaban J connectivity index is 2.64. The van der Waals surface area contributed by atoms with E-state index in [-0.39, 0.29) is 5.56 Å². The molecule has 0 fully saturated rings. The van der Waals surface area contributed by atoms with Gasteiger partial charge in [0, 0.05) is 12.6 Å². The van der Waals surface area contributed by atoms with E-state index in [1.54, 1.807) is 0 Å². The van der Waals surface area contributed by atoms with Crippen LogP contribution in [0.1, 0.15) is 12.6 Å². The van der Waals surface area contributed by atoms with Crippen molar-refractivity contribution < 1.29 is 0 Å². The molecule has 1 aromatic heterocycles. The standard InChI is InChI=1S/C7H11N3O/c1-2-8-4-6-3-7(11)10-5-9-6/h3,5,8H,2,4H2,1H3,(H,9,10,11). The monoisotopic (exact) mass is 153 g/mol. The van der Waals surface area contributed by atoms with Crippen LogP contribution < -0.4 is 10.9 Å². The Morgan fingerprint density at radius 2 is 2.55 bits per heavy atom. The number of H-pyrrole nitrogens is 1. The lowest BCUT2D eigenvalue weighted by atomic mass is 10.4. The summed E-state index contributed by atoms with van der Waals surface area (Å²) in [5.41, 5.74) is 0.670. The molecule has 0 amide bonds. The first kappa shape index (κ1) is 7.94. The number of nitrogens with one attached hydrogen (secondary N) is 2. The van der Waals surface area contributed by atoms with Crippen LogP contribution in [0.15, 0.2) is 17.2 Å². The third kappa shape index (κ3) is 2.51. The number of aromatic nitrogens is 2. The fraction of sp³-hybridized carbons (Fsp3) is 0.429. The maximum Gasteiger partial charge on any atom is 0.250 e. The van der Waals surface area contributed by atoms with Gasteiger partial charge in [0.05, 0.1) is 12.0 Å². The van der Waals surface area contributed by atoms with Crippen LogP contribution in [-0.4, -0.2) is 16.5 Å². The summed E-state index contributed by atoms with van der Waals surface area (Å²) in [6.07, 6.45) is 1.41. The van der Waals surface area contributed by atoms with Crippen molar-refractivity contribution in [1.29, 1.82) is 0 Å². The quantitative estimate of drug-likeness (QED) is 0.636. The highest BCUT2D eigenvalue weighted by Gasteiger charge is 1.91. The van der Waals surface area contributed by atoms with Gasteiger partial charge >= 0.3 is 0 Å².